The van der Waals surface area contributed by atoms with E-state index in [-0.39, 0.29) is 5.91 Å². The molecule has 0 aliphatic rings. The minimum atomic E-state index is -0.191. The maximum absolute atomic E-state index is 11.8. The summed E-state index contributed by atoms with van der Waals surface area (Å²) in [6.45, 7) is 4.27. The summed E-state index contributed by atoms with van der Waals surface area (Å²) in [4.78, 5) is 14.7. The van der Waals surface area contributed by atoms with Gasteiger partial charge in [-0.25, -0.2) is 0 Å². The Bertz CT molecular complexity index is 540. The topological polar surface area (TPSA) is 70.9 Å². The number of aromatic amines is 1. The fraction of sp³-hybridized carbons (Fsp3) is 0.214. The third kappa shape index (κ3) is 2.71. The Balaban J connectivity index is 2.07. The average Bonchev–Trinajstić information content (AvgIpc) is 2.76. The van der Waals surface area contributed by atoms with Crippen LogP contribution in [0.25, 0.3) is 0 Å². The monoisotopic (exact) mass is 243 g/mol. The van der Waals surface area contributed by atoms with Crippen molar-refractivity contribution in [3.63, 3.8) is 0 Å². The van der Waals surface area contributed by atoms with Gasteiger partial charge in [0.1, 0.15) is 5.69 Å². The van der Waals surface area contributed by atoms with Crippen molar-refractivity contribution in [2.45, 2.75) is 19.8 Å². The molecule has 94 valence electrons. The Kier molecular flexibility index (Phi) is 3.37. The molecule has 4 nitrogen and oxygen atoms in total. The van der Waals surface area contributed by atoms with Crippen LogP contribution in [-0.4, -0.2) is 10.9 Å². The van der Waals surface area contributed by atoms with Crippen LogP contribution < -0.4 is 11.1 Å². The molecule has 4 N–H and O–H groups in total. The van der Waals surface area contributed by atoms with E-state index in [0.717, 1.165) is 5.69 Å². The number of H-pyrrole nitrogens is 1. The van der Waals surface area contributed by atoms with Crippen molar-refractivity contribution in [1.82, 2.24) is 4.98 Å². The molecule has 0 spiro atoms. The Labute approximate surface area is 106 Å². The molecule has 0 unspecified atom stereocenters. The predicted octanol–water partition coefficient (Wildman–Crippen LogP) is 2.97. The lowest BCUT2D eigenvalue weighted by molar-refractivity contribution is 0.102. The Morgan fingerprint density at radius 1 is 1.28 bits per heavy atom. The SMILES string of the molecule is CC(C)c1ccc(NC(=O)c2cc(N)c[nH]2)cc1. The maximum Gasteiger partial charge on any atom is 0.272 e. The van der Waals surface area contributed by atoms with E-state index in [4.69, 9.17) is 5.73 Å². The van der Waals surface area contributed by atoms with Crippen LogP contribution in [0, 0.1) is 0 Å². The Morgan fingerprint density at radius 3 is 2.44 bits per heavy atom. The fourth-order valence-corrected chi connectivity index (χ4v) is 1.69. The number of amides is 1. The quantitative estimate of drug-likeness (QED) is 0.775. The highest BCUT2D eigenvalue weighted by Gasteiger charge is 2.08. The summed E-state index contributed by atoms with van der Waals surface area (Å²) in [5.74, 6) is 0.293. The largest absolute Gasteiger partial charge is 0.397 e. The first kappa shape index (κ1) is 12.2. The van der Waals surface area contributed by atoms with Crippen molar-refractivity contribution in [3.05, 3.63) is 47.8 Å². The van der Waals surface area contributed by atoms with Crippen LogP contribution >= 0.6 is 0 Å². The summed E-state index contributed by atoms with van der Waals surface area (Å²) >= 11 is 0. The third-order valence-electron chi connectivity index (χ3n) is 2.79. The summed E-state index contributed by atoms with van der Waals surface area (Å²) in [7, 11) is 0. The van der Waals surface area contributed by atoms with E-state index in [2.05, 4.69) is 24.1 Å². The molecule has 0 radical (unpaired) electrons. The molecule has 0 aliphatic heterocycles. The molecule has 0 saturated heterocycles. The number of carbonyl (C=O) groups is 1. The van der Waals surface area contributed by atoms with Gasteiger partial charge in [0.2, 0.25) is 0 Å². The van der Waals surface area contributed by atoms with Crippen molar-refractivity contribution < 1.29 is 4.79 Å². The molecule has 1 aromatic carbocycles. The first-order valence-corrected chi connectivity index (χ1v) is 5.91. The summed E-state index contributed by atoms with van der Waals surface area (Å²) in [6.07, 6.45) is 1.59. The van der Waals surface area contributed by atoms with Crippen molar-refractivity contribution >= 4 is 17.3 Å². The molecule has 0 fully saturated rings. The van der Waals surface area contributed by atoms with Gasteiger partial charge in [0.15, 0.2) is 0 Å². The standard InChI is InChI=1S/C14H17N3O/c1-9(2)10-3-5-12(6-4-10)17-14(18)13-7-11(15)8-16-13/h3-9,16H,15H2,1-2H3,(H,17,18). The van der Waals surface area contributed by atoms with Crippen molar-refractivity contribution in [1.29, 1.82) is 0 Å². The number of hydrogen-bond donors (Lipinski definition) is 3. The number of rotatable bonds is 3. The number of nitrogen functional groups attached to an aromatic ring is 1. The number of nitrogens with two attached hydrogens (primary N) is 1. The van der Waals surface area contributed by atoms with Crippen LogP contribution in [0.3, 0.4) is 0 Å². The molecule has 0 bridgehead atoms. The maximum atomic E-state index is 11.8. The van der Waals surface area contributed by atoms with Gasteiger partial charge in [0, 0.05) is 17.6 Å². The summed E-state index contributed by atoms with van der Waals surface area (Å²) in [6, 6.07) is 9.45. The van der Waals surface area contributed by atoms with Crippen molar-refractivity contribution in [2.24, 2.45) is 0 Å². The molecule has 0 aliphatic carbocycles. The van der Waals surface area contributed by atoms with E-state index in [1.165, 1.54) is 5.56 Å². The smallest absolute Gasteiger partial charge is 0.272 e. The zero-order chi connectivity index (χ0) is 13.1. The number of benzene rings is 1. The molecule has 1 heterocycles. The van der Waals surface area contributed by atoms with Gasteiger partial charge in [-0.2, -0.15) is 0 Å². The third-order valence-corrected chi connectivity index (χ3v) is 2.79. The molecule has 0 saturated carbocycles. The van der Waals surface area contributed by atoms with E-state index in [0.29, 0.717) is 17.3 Å². The molecule has 18 heavy (non-hydrogen) atoms. The van der Waals surface area contributed by atoms with Gasteiger partial charge >= 0.3 is 0 Å². The van der Waals surface area contributed by atoms with Gasteiger partial charge in [-0.15, -0.1) is 0 Å². The lowest BCUT2D eigenvalue weighted by Gasteiger charge is -2.07. The van der Waals surface area contributed by atoms with Crippen LogP contribution in [0.2, 0.25) is 0 Å². The molecule has 2 aromatic rings. The first-order valence-electron chi connectivity index (χ1n) is 5.91. The number of anilines is 2. The molecule has 1 amide bonds. The number of nitrogens with one attached hydrogen (secondary N) is 2. The number of hydrogen-bond acceptors (Lipinski definition) is 2. The minimum Gasteiger partial charge on any atom is -0.397 e. The number of carbonyl (C=O) groups excluding carboxylic acids is 1. The van der Waals surface area contributed by atoms with Gasteiger partial charge in [-0.1, -0.05) is 26.0 Å². The summed E-state index contributed by atoms with van der Waals surface area (Å²) < 4.78 is 0. The van der Waals surface area contributed by atoms with Gasteiger partial charge < -0.3 is 16.0 Å². The highest BCUT2D eigenvalue weighted by molar-refractivity contribution is 6.03. The zero-order valence-electron chi connectivity index (χ0n) is 10.5. The second-order valence-corrected chi connectivity index (χ2v) is 4.58. The van der Waals surface area contributed by atoms with E-state index in [9.17, 15) is 4.79 Å². The van der Waals surface area contributed by atoms with Crippen LogP contribution in [0.4, 0.5) is 11.4 Å². The lowest BCUT2D eigenvalue weighted by Crippen LogP contribution is -2.12. The molecular weight excluding hydrogens is 226 g/mol. The normalized spacial score (nSPS) is 10.6. The highest BCUT2D eigenvalue weighted by Crippen LogP contribution is 2.17. The molecule has 0 atom stereocenters. The highest BCUT2D eigenvalue weighted by atomic mass is 16.1. The van der Waals surface area contributed by atoms with Gasteiger partial charge in [-0.3, -0.25) is 4.79 Å². The molecular formula is C14H17N3O. The van der Waals surface area contributed by atoms with E-state index >= 15 is 0 Å². The summed E-state index contributed by atoms with van der Waals surface area (Å²) in [5.41, 5.74) is 8.58. The first-order chi connectivity index (χ1) is 8.56. The Morgan fingerprint density at radius 2 is 1.94 bits per heavy atom. The molecule has 4 heteroatoms. The molecule has 1 aromatic heterocycles. The predicted molar refractivity (Wildman–Crippen MR) is 73.7 cm³/mol. The summed E-state index contributed by atoms with van der Waals surface area (Å²) in [5, 5.41) is 2.81. The fourth-order valence-electron chi connectivity index (χ4n) is 1.69. The minimum absolute atomic E-state index is 0.191. The van der Waals surface area contributed by atoms with Gasteiger partial charge in [-0.05, 0) is 29.7 Å². The van der Waals surface area contributed by atoms with E-state index in [1.54, 1.807) is 12.3 Å². The van der Waals surface area contributed by atoms with Crippen LogP contribution in [0.5, 0.6) is 0 Å². The van der Waals surface area contributed by atoms with E-state index in [1.807, 2.05) is 24.3 Å². The molecule has 2 rings (SSSR count). The average molecular weight is 243 g/mol. The van der Waals surface area contributed by atoms with Crippen LogP contribution in [-0.2, 0) is 0 Å². The van der Waals surface area contributed by atoms with Gasteiger partial charge in [0.25, 0.3) is 5.91 Å². The Hall–Kier alpha value is -2.23. The zero-order valence-corrected chi connectivity index (χ0v) is 10.5. The van der Waals surface area contributed by atoms with E-state index < -0.39 is 0 Å². The van der Waals surface area contributed by atoms with Gasteiger partial charge in [0.05, 0.1) is 0 Å². The van der Waals surface area contributed by atoms with Crippen molar-refractivity contribution in [2.75, 3.05) is 11.1 Å². The van der Waals surface area contributed by atoms with Crippen LogP contribution in [0.15, 0.2) is 36.5 Å². The second-order valence-electron chi connectivity index (χ2n) is 4.58. The van der Waals surface area contributed by atoms with Crippen LogP contribution in [0.1, 0.15) is 35.8 Å². The lowest BCUT2D eigenvalue weighted by atomic mass is 10.0. The van der Waals surface area contributed by atoms with Crippen molar-refractivity contribution in [3.8, 4) is 0 Å². The second kappa shape index (κ2) is 4.96. The number of aromatic nitrogens is 1.